The number of likely N-dealkylation sites (tertiary alicyclic amines) is 1. The highest BCUT2D eigenvalue weighted by atomic mass is 16.3. The summed E-state index contributed by atoms with van der Waals surface area (Å²) in [6.07, 6.45) is 3.79. The second kappa shape index (κ2) is 4.85. The third-order valence-corrected chi connectivity index (χ3v) is 3.39. The number of amides is 1. The maximum absolute atomic E-state index is 12.3. The van der Waals surface area contributed by atoms with Crippen LogP contribution in [0.1, 0.15) is 16.8 Å². The van der Waals surface area contributed by atoms with Gasteiger partial charge in [0.2, 0.25) is 0 Å². The van der Waals surface area contributed by atoms with Gasteiger partial charge in [0.1, 0.15) is 0 Å². The fraction of sp³-hybridized carbons (Fsp3) is 0.286. The first-order chi connectivity index (χ1) is 9.24. The average molecular weight is 257 g/mol. The van der Waals surface area contributed by atoms with E-state index in [1.807, 2.05) is 18.2 Å². The molecule has 98 valence electrons. The van der Waals surface area contributed by atoms with E-state index in [-0.39, 0.29) is 12.0 Å². The summed E-state index contributed by atoms with van der Waals surface area (Å²) in [6.45, 7) is 1.05. The van der Waals surface area contributed by atoms with Crippen molar-refractivity contribution in [3.63, 3.8) is 0 Å². The average Bonchev–Trinajstić information content (AvgIpc) is 3.09. The molecule has 5 heteroatoms. The largest absolute Gasteiger partial charge is 0.391 e. The van der Waals surface area contributed by atoms with Crippen molar-refractivity contribution in [1.29, 1.82) is 0 Å². The molecule has 0 aliphatic carbocycles. The van der Waals surface area contributed by atoms with Crippen molar-refractivity contribution >= 4 is 5.91 Å². The number of nitrogens with one attached hydrogen (secondary N) is 1. The normalized spacial score (nSPS) is 18.8. The first-order valence-corrected chi connectivity index (χ1v) is 6.30. The van der Waals surface area contributed by atoms with Crippen LogP contribution < -0.4 is 0 Å². The minimum absolute atomic E-state index is 0.0260. The minimum atomic E-state index is -0.388. The van der Waals surface area contributed by atoms with Gasteiger partial charge < -0.3 is 10.0 Å². The number of aromatic amines is 1. The van der Waals surface area contributed by atoms with Gasteiger partial charge in [-0.25, -0.2) is 0 Å². The topological polar surface area (TPSA) is 69.2 Å². The Morgan fingerprint density at radius 1 is 1.42 bits per heavy atom. The summed E-state index contributed by atoms with van der Waals surface area (Å²) in [4.78, 5) is 14.0. The van der Waals surface area contributed by atoms with Crippen molar-refractivity contribution in [1.82, 2.24) is 15.1 Å². The van der Waals surface area contributed by atoms with Gasteiger partial charge in [-0.3, -0.25) is 9.89 Å². The standard InChI is InChI=1S/C14H15N3O2/c18-13-4-5-17(9-13)14(19)11-3-1-2-10(6-11)12-7-15-16-8-12/h1-3,6-8,13,18H,4-5,9H2,(H,15,16). The zero-order valence-corrected chi connectivity index (χ0v) is 10.4. The van der Waals surface area contributed by atoms with E-state index in [1.165, 1.54) is 0 Å². The maximum atomic E-state index is 12.3. The number of carbonyl (C=O) groups excluding carboxylic acids is 1. The number of hydrogen-bond acceptors (Lipinski definition) is 3. The van der Waals surface area contributed by atoms with Gasteiger partial charge in [-0.05, 0) is 24.1 Å². The van der Waals surface area contributed by atoms with E-state index in [9.17, 15) is 9.90 Å². The molecule has 2 aromatic rings. The van der Waals surface area contributed by atoms with E-state index in [2.05, 4.69) is 10.2 Å². The van der Waals surface area contributed by atoms with Crippen molar-refractivity contribution in [2.45, 2.75) is 12.5 Å². The fourth-order valence-corrected chi connectivity index (χ4v) is 2.35. The smallest absolute Gasteiger partial charge is 0.253 e. The minimum Gasteiger partial charge on any atom is -0.391 e. The van der Waals surface area contributed by atoms with Gasteiger partial charge in [0.05, 0.1) is 12.3 Å². The Morgan fingerprint density at radius 3 is 3.00 bits per heavy atom. The number of benzene rings is 1. The van der Waals surface area contributed by atoms with Crippen LogP contribution in [0.5, 0.6) is 0 Å². The van der Waals surface area contributed by atoms with Crippen molar-refractivity contribution < 1.29 is 9.90 Å². The summed E-state index contributed by atoms with van der Waals surface area (Å²) in [5.41, 5.74) is 2.56. The van der Waals surface area contributed by atoms with E-state index < -0.39 is 0 Å². The molecule has 0 radical (unpaired) electrons. The molecule has 19 heavy (non-hydrogen) atoms. The van der Waals surface area contributed by atoms with Crippen LogP contribution in [-0.4, -0.2) is 45.3 Å². The number of rotatable bonds is 2. The zero-order chi connectivity index (χ0) is 13.2. The Bertz CT molecular complexity index is 580. The van der Waals surface area contributed by atoms with Crippen LogP contribution in [-0.2, 0) is 0 Å². The number of aromatic nitrogens is 2. The van der Waals surface area contributed by atoms with E-state index in [4.69, 9.17) is 0 Å². The van der Waals surface area contributed by atoms with Gasteiger partial charge in [0.15, 0.2) is 0 Å². The molecule has 1 atom stereocenters. The van der Waals surface area contributed by atoms with E-state index >= 15 is 0 Å². The Hall–Kier alpha value is -2.14. The Labute approximate surface area is 110 Å². The summed E-state index contributed by atoms with van der Waals surface area (Å²) in [7, 11) is 0. The van der Waals surface area contributed by atoms with Crippen LogP contribution >= 0.6 is 0 Å². The lowest BCUT2D eigenvalue weighted by Crippen LogP contribution is -2.29. The lowest BCUT2D eigenvalue weighted by molar-refractivity contribution is 0.0765. The molecule has 1 aliphatic rings. The molecule has 5 nitrogen and oxygen atoms in total. The number of hydrogen-bond donors (Lipinski definition) is 2. The van der Waals surface area contributed by atoms with Gasteiger partial charge in [-0.15, -0.1) is 0 Å². The summed E-state index contributed by atoms with van der Waals surface area (Å²) in [5.74, 6) is -0.0260. The number of H-pyrrole nitrogens is 1. The van der Waals surface area contributed by atoms with E-state index in [0.717, 1.165) is 11.1 Å². The SMILES string of the molecule is O=C(c1cccc(-c2cn[nH]c2)c1)N1CCC(O)C1. The Kier molecular flexibility index (Phi) is 3.05. The molecule has 1 aliphatic heterocycles. The van der Waals surface area contributed by atoms with Crippen LogP contribution in [0.25, 0.3) is 11.1 Å². The number of β-amino-alcohol motifs (C(OH)–C–C–N with tert-alkyl or cyclic N) is 1. The molecule has 1 aromatic heterocycles. The molecular weight excluding hydrogens is 242 g/mol. The molecular formula is C14H15N3O2. The number of aliphatic hydroxyl groups excluding tert-OH is 1. The molecule has 1 saturated heterocycles. The molecule has 0 spiro atoms. The van der Waals surface area contributed by atoms with Crippen LogP contribution in [0.4, 0.5) is 0 Å². The Morgan fingerprint density at radius 2 is 2.32 bits per heavy atom. The summed E-state index contributed by atoms with van der Waals surface area (Å²) < 4.78 is 0. The monoisotopic (exact) mass is 257 g/mol. The highest BCUT2D eigenvalue weighted by Crippen LogP contribution is 2.21. The predicted octanol–water partition coefficient (Wildman–Crippen LogP) is 1.28. The fourth-order valence-electron chi connectivity index (χ4n) is 2.35. The maximum Gasteiger partial charge on any atom is 0.253 e. The highest BCUT2D eigenvalue weighted by Gasteiger charge is 2.25. The quantitative estimate of drug-likeness (QED) is 0.851. The lowest BCUT2D eigenvalue weighted by atomic mass is 10.1. The van der Waals surface area contributed by atoms with Crippen molar-refractivity contribution in [3.05, 3.63) is 42.2 Å². The lowest BCUT2D eigenvalue weighted by Gasteiger charge is -2.15. The zero-order valence-electron chi connectivity index (χ0n) is 10.4. The molecule has 0 saturated carbocycles. The molecule has 1 amide bonds. The summed E-state index contributed by atoms with van der Waals surface area (Å²) in [6, 6.07) is 7.47. The molecule has 2 N–H and O–H groups in total. The second-order valence-corrected chi connectivity index (χ2v) is 4.76. The number of nitrogens with zero attached hydrogens (tertiary/aromatic N) is 2. The van der Waals surface area contributed by atoms with Gasteiger partial charge in [-0.2, -0.15) is 5.10 Å². The van der Waals surface area contributed by atoms with Gasteiger partial charge in [0.25, 0.3) is 5.91 Å². The molecule has 1 unspecified atom stereocenters. The van der Waals surface area contributed by atoms with Crippen LogP contribution in [0.15, 0.2) is 36.7 Å². The third kappa shape index (κ3) is 2.37. The number of carbonyl (C=O) groups is 1. The van der Waals surface area contributed by atoms with Crippen molar-refractivity contribution in [3.8, 4) is 11.1 Å². The van der Waals surface area contributed by atoms with Gasteiger partial charge >= 0.3 is 0 Å². The molecule has 1 aromatic carbocycles. The first-order valence-electron chi connectivity index (χ1n) is 6.30. The summed E-state index contributed by atoms with van der Waals surface area (Å²) in [5, 5.41) is 16.2. The van der Waals surface area contributed by atoms with E-state index in [0.29, 0.717) is 25.1 Å². The second-order valence-electron chi connectivity index (χ2n) is 4.76. The molecule has 0 bridgehead atoms. The van der Waals surface area contributed by atoms with Gasteiger partial charge in [-0.1, -0.05) is 12.1 Å². The highest BCUT2D eigenvalue weighted by molar-refractivity contribution is 5.95. The van der Waals surface area contributed by atoms with Crippen LogP contribution in [0, 0.1) is 0 Å². The molecule has 3 rings (SSSR count). The van der Waals surface area contributed by atoms with Crippen LogP contribution in [0.3, 0.4) is 0 Å². The number of aliphatic hydroxyl groups is 1. The van der Waals surface area contributed by atoms with Crippen molar-refractivity contribution in [2.75, 3.05) is 13.1 Å². The van der Waals surface area contributed by atoms with Gasteiger partial charge in [0, 0.05) is 30.4 Å². The molecule has 1 fully saturated rings. The van der Waals surface area contributed by atoms with Crippen LogP contribution in [0.2, 0.25) is 0 Å². The summed E-state index contributed by atoms with van der Waals surface area (Å²) >= 11 is 0. The predicted molar refractivity (Wildman–Crippen MR) is 70.6 cm³/mol. The molecule has 2 heterocycles. The first kappa shape index (κ1) is 11.9. The van der Waals surface area contributed by atoms with E-state index in [1.54, 1.807) is 23.4 Å². The third-order valence-electron chi connectivity index (χ3n) is 3.39. The Balaban J connectivity index is 1.85. The van der Waals surface area contributed by atoms with Crippen molar-refractivity contribution in [2.24, 2.45) is 0 Å².